The van der Waals surface area contributed by atoms with Gasteiger partial charge in [-0.05, 0) is 46.5 Å². The fraction of sp³-hybridized carbons (Fsp3) is 0. The van der Waals surface area contributed by atoms with Gasteiger partial charge in [0.05, 0.1) is 0 Å². The van der Waals surface area contributed by atoms with Crippen molar-refractivity contribution in [2.75, 3.05) is 0 Å². The lowest BCUT2D eigenvalue weighted by molar-refractivity contribution is 0.628. The quantitative estimate of drug-likeness (QED) is 0.152. The van der Waals surface area contributed by atoms with Gasteiger partial charge in [-0.15, -0.1) is 0 Å². The Kier molecular flexibility index (Phi) is 10.8. The Labute approximate surface area is 416 Å². The molecule has 10 aromatic carbocycles. The van der Waals surface area contributed by atoms with Crippen LogP contribution in [0, 0.1) is 0 Å². The fourth-order valence-electron chi connectivity index (χ4n) is 10.1. The fourth-order valence-corrected chi connectivity index (χ4v) is 10.1. The van der Waals surface area contributed by atoms with Gasteiger partial charge >= 0.3 is 0 Å². The van der Waals surface area contributed by atoms with Crippen molar-refractivity contribution in [3.05, 3.63) is 267 Å². The molecule has 4 aromatic heterocycles. The molecule has 72 heavy (non-hydrogen) atoms. The second kappa shape index (κ2) is 18.4. The summed E-state index contributed by atoms with van der Waals surface area (Å²) in [6.07, 6.45) is 0. The molecule has 0 aliphatic carbocycles. The summed E-state index contributed by atoms with van der Waals surface area (Å²) >= 11 is 0. The van der Waals surface area contributed by atoms with Gasteiger partial charge in [0, 0.05) is 66.1 Å². The SMILES string of the molecule is c1ccc(-c2oc3cc4c(-c5ccccc5)c(-c5ccccc5)oc4cc3c2-c2ccccc2)cc1.c1ccc(-c2oc3cc4c(-c5ccccc5)c(-c5ccccc5)oc4cc3c2-c2ccccc2)cc1. The molecule has 0 aliphatic heterocycles. The lowest BCUT2D eigenvalue weighted by Gasteiger charge is -2.04. The molecule has 0 fully saturated rings. The van der Waals surface area contributed by atoms with Crippen LogP contribution in [0.25, 0.3) is 134 Å². The first-order valence-corrected chi connectivity index (χ1v) is 24.2. The number of hydrogen-bond donors (Lipinski definition) is 0. The zero-order valence-corrected chi connectivity index (χ0v) is 39.0. The standard InChI is InChI=1S/2C34H22O2/c2*1-5-13-23(14-6-1)31-27-21-30-28(22-29(27)35-33(31)25-17-9-3-10-18-25)32(24-15-7-2-8-16-24)34(36-30)26-19-11-4-12-20-26/h2*1-22H. The first-order valence-electron chi connectivity index (χ1n) is 24.2. The van der Waals surface area contributed by atoms with Crippen molar-refractivity contribution in [3.8, 4) is 89.8 Å². The number of fused-ring (bicyclic) bond motifs is 4. The second-order valence-electron chi connectivity index (χ2n) is 17.8. The van der Waals surface area contributed by atoms with E-state index in [2.05, 4.69) is 170 Å². The zero-order valence-electron chi connectivity index (χ0n) is 39.0. The number of rotatable bonds is 8. The Balaban J connectivity index is 0.000000140. The summed E-state index contributed by atoms with van der Waals surface area (Å²) < 4.78 is 26.4. The van der Waals surface area contributed by atoms with Gasteiger partial charge in [-0.1, -0.05) is 243 Å². The van der Waals surface area contributed by atoms with Crippen LogP contribution < -0.4 is 0 Å². The lowest BCUT2D eigenvalue weighted by atomic mass is 9.96. The molecule has 0 N–H and O–H groups in total. The average Bonchev–Trinajstić information content (AvgIpc) is 4.24. The van der Waals surface area contributed by atoms with Gasteiger partial charge in [-0.3, -0.25) is 0 Å². The maximum Gasteiger partial charge on any atom is 0.143 e. The molecule has 0 saturated carbocycles. The Morgan fingerprint density at radius 2 is 0.319 bits per heavy atom. The molecule has 0 bridgehead atoms. The summed E-state index contributed by atoms with van der Waals surface area (Å²) in [6, 6.07) is 91.5. The van der Waals surface area contributed by atoms with E-state index in [0.717, 1.165) is 134 Å². The highest BCUT2D eigenvalue weighted by Crippen LogP contribution is 2.49. The van der Waals surface area contributed by atoms with Gasteiger partial charge in [-0.25, -0.2) is 0 Å². The molecule has 0 atom stereocenters. The molecule has 14 rings (SSSR count). The van der Waals surface area contributed by atoms with E-state index >= 15 is 0 Å². The van der Waals surface area contributed by atoms with Crippen molar-refractivity contribution in [2.24, 2.45) is 0 Å². The van der Waals surface area contributed by atoms with Crippen molar-refractivity contribution in [1.82, 2.24) is 0 Å². The zero-order chi connectivity index (χ0) is 47.8. The van der Waals surface area contributed by atoms with Crippen LogP contribution >= 0.6 is 0 Å². The molecular weight excluding hydrogens is 881 g/mol. The monoisotopic (exact) mass is 924 g/mol. The van der Waals surface area contributed by atoms with Crippen molar-refractivity contribution in [2.45, 2.75) is 0 Å². The van der Waals surface area contributed by atoms with Crippen LogP contribution in [0.2, 0.25) is 0 Å². The van der Waals surface area contributed by atoms with Gasteiger partial charge in [0.25, 0.3) is 0 Å². The summed E-state index contributed by atoms with van der Waals surface area (Å²) in [5.74, 6) is 3.48. The van der Waals surface area contributed by atoms with Crippen LogP contribution in [0.1, 0.15) is 0 Å². The third-order valence-electron chi connectivity index (χ3n) is 13.4. The van der Waals surface area contributed by atoms with E-state index in [0.29, 0.717) is 0 Å². The van der Waals surface area contributed by atoms with Gasteiger partial charge < -0.3 is 17.7 Å². The van der Waals surface area contributed by atoms with E-state index in [9.17, 15) is 0 Å². The largest absolute Gasteiger partial charge is 0.455 e. The molecule has 0 amide bonds. The molecule has 4 nitrogen and oxygen atoms in total. The van der Waals surface area contributed by atoms with Gasteiger partial charge in [-0.2, -0.15) is 0 Å². The molecule has 0 aliphatic rings. The van der Waals surface area contributed by atoms with Gasteiger partial charge in [0.1, 0.15) is 45.4 Å². The van der Waals surface area contributed by atoms with Gasteiger partial charge in [0.2, 0.25) is 0 Å². The maximum atomic E-state index is 6.61. The highest BCUT2D eigenvalue weighted by molar-refractivity contribution is 6.13. The minimum atomic E-state index is 0.845. The Hall–Kier alpha value is -9.64. The predicted octanol–water partition coefficient (Wildman–Crippen LogP) is 19.7. The van der Waals surface area contributed by atoms with Crippen molar-refractivity contribution in [3.63, 3.8) is 0 Å². The summed E-state index contributed by atoms with van der Waals surface area (Å²) in [6.45, 7) is 0. The maximum absolute atomic E-state index is 6.61. The van der Waals surface area contributed by atoms with Crippen LogP contribution in [0.5, 0.6) is 0 Å². The molecule has 0 radical (unpaired) electrons. The summed E-state index contributed by atoms with van der Waals surface area (Å²) in [5, 5.41) is 4.17. The highest BCUT2D eigenvalue weighted by atomic mass is 16.4. The van der Waals surface area contributed by atoms with Crippen molar-refractivity contribution >= 4 is 43.9 Å². The predicted molar refractivity (Wildman–Crippen MR) is 295 cm³/mol. The third-order valence-corrected chi connectivity index (χ3v) is 13.4. The normalized spacial score (nSPS) is 11.3. The number of benzene rings is 10. The molecule has 4 heteroatoms. The lowest BCUT2D eigenvalue weighted by Crippen LogP contribution is -1.81. The van der Waals surface area contributed by atoms with E-state index in [1.807, 2.05) is 97.1 Å². The topological polar surface area (TPSA) is 52.6 Å². The summed E-state index contributed by atoms with van der Waals surface area (Å²) in [5.41, 5.74) is 16.4. The minimum absolute atomic E-state index is 0.845. The molecule has 0 unspecified atom stereocenters. The molecular formula is C68H44O4. The van der Waals surface area contributed by atoms with Crippen molar-refractivity contribution in [1.29, 1.82) is 0 Å². The molecule has 340 valence electrons. The average molecular weight is 925 g/mol. The van der Waals surface area contributed by atoms with E-state index in [-0.39, 0.29) is 0 Å². The molecule has 4 heterocycles. The van der Waals surface area contributed by atoms with Crippen LogP contribution in [-0.4, -0.2) is 0 Å². The van der Waals surface area contributed by atoms with Crippen LogP contribution in [0.15, 0.2) is 285 Å². The van der Waals surface area contributed by atoms with E-state index in [4.69, 9.17) is 17.7 Å². The molecule has 14 aromatic rings. The summed E-state index contributed by atoms with van der Waals surface area (Å²) in [4.78, 5) is 0. The van der Waals surface area contributed by atoms with E-state index in [1.165, 1.54) is 0 Å². The van der Waals surface area contributed by atoms with Crippen LogP contribution in [0.4, 0.5) is 0 Å². The highest BCUT2D eigenvalue weighted by Gasteiger charge is 2.25. The second-order valence-corrected chi connectivity index (χ2v) is 17.8. The van der Waals surface area contributed by atoms with E-state index in [1.54, 1.807) is 0 Å². The Morgan fingerprint density at radius 3 is 0.486 bits per heavy atom. The first kappa shape index (κ1) is 42.5. The molecule has 0 spiro atoms. The van der Waals surface area contributed by atoms with Crippen molar-refractivity contribution < 1.29 is 17.7 Å². The summed E-state index contributed by atoms with van der Waals surface area (Å²) in [7, 11) is 0. The smallest absolute Gasteiger partial charge is 0.143 e. The minimum Gasteiger partial charge on any atom is -0.455 e. The third kappa shape index (κ3) is 7.68. The first-order chi connectivity index (χ1) is 35.7. The number of hydrogen-bond acceptors (Lipinski definition) is 4. The van der Waals surface area contributed by atoms with Gasteiger partial charge in [0.15, 0.2) is 0 Å². The van der Waals surface area contributed by atoms with E-state index < -0.39 is 0 Å². The molecule has 0 saturated heterocycles. The Bertz CT molecular complexity index is 3590. The Morgan fingerprint density at radius 1 is 0.167 bits per heavy atom. The number of furan rings is 4. The van der Waals surface area contributed by atoms with Crippen LogP contribution in [0.3, 0.4) is 0 Å². The van der Waals surface area contributed by atoms with Crippen LogP contribution in [-0.2, 0) is 0 Å².